The molecule has 2 rings (SSSR count). The predicted molar refractivity (Wildman–Crippen MR) is 70.8 cm³/mol. The van der Waals surface area contributed by atoms with E-state index in [1.807, 2.05) is 0 Å². The molecule has 1 aliphatic heterocycles. The average molecular weight is 279 g/mol. The van der Waals surface area contributed by atoms with Gasteiger partial charge in [-0.1, -0.05) is 0 Å². The van der Waals surface area contributed by atoms with Crippen molar-refractivity contribution in [2.45, 2.75) is 12.8 Å². The molecule has 0 aliphatic carbocycles. The van der Waals surface area contributed by atoms with Gasteiger partial charge in [-0.05, 0) is 25.9 Å². The lowest BCUT2D eigenvalue weighted by Gasteiger charge is -2.21. The summed E-state index contributed by atoms with van der Waals surface area (Å²) < 4.78 is 0. The Morgan fingerprint density at radius 3 is 2.59 bits per heavy atom. The molecule has 0 spiro atoms. The molecule has 0 radical (unpaired) electrons. The van der Waals surface area contributed by atoms with Gasteiger partial charge in [-0.25, -0.2) is 4.98 Å². The van der Waals surface area contributed by atoms with Crippen molar-refractivity contribution in [1.29, 1.82) is 0 Å². The zero-order valence-corrected chi connectivity index (χ0v) is 10.9. The Morgan fingerprint density at radius 2 is 2.00 bits per heavy atom. The highest BCUT2D eigenvalue weighted by Gasteiger charge is 2.20. The van der Waals surface area contributed by atoms with Gasteiger partial charge >= 0.3 is 0 Å². The van der Waals surface area contributed by atoms with E-state index in [9.17, 15) is 4.79 Å². The van der Waals surface area contributed by atoms with Crippen LogP contribution in [0, 0.1) is 5.92 Å². The van der Waals surface area contributed by atoms with Gasteiger partial charge in [0, 0.05) is 18.3 Å². The summed E-state index contributed by atoms with van der Waals surface area (Å²) in [4.78, 5) is 19.7. The van der Waals surface area contributed by atoms with Gasteiger partial charge in [-0.2, -0.15) is 0 Å². The number of hydrogen-bond donors (Lipinski definition) is 2. The van der Waals surface area contributed by atoms with Crippen molar-refractivity contribution < 1.29 is 4.79 Å². The first-order chi connectivity index (χ1) is 7.36. The second-order valence-electron chi connectivity index (χ2n) is 3.60. The SMILES string of the molecule is Cl.Cl.O=C(Nc1cnccn1)C1CCNCC1. The van der Waals surface area contributed by atoms with Crippen molar-refractivity contribution in [3.63, 3.8) is 0 Å². The van der Waals surface area contributed by atoms with Crippen LogP contribution in [0.4, 0.5) is 5.82 Å². The fourth-order valence-electron chi connectivity index (χ4n) is 1.68. The van der Waals surface area contributed by atoms with Gasteiger partial charge in [0.25, 0.3) is 0 Å². The van der Waals surface area contributed by atoms with Gasteiger partial charge in [0.15, 0.2) is 5.82 Å². The van der Waals surface area contributed by atoms with Crippen molar-refractivity contribution in [2.75, 3.05) is 18.4 Å². The van der Waals surface area contributed by atoms with Crippen LogP contribution in [-0.4, -0.2) is 29.0 Å². The number of aromatic nitrogens is 2. The lowest BCUT2D eigenvalue weighted by Crippen LogP contribution is -2.34. The zero-order chi connectivity index (χ0) is 10.5. The van der Waals surface area contributed by atoms with E-state index in [1.165, 1.54) is 0 Å². The molecule has 5 nitrogen and oxygen atoms in total. The summed E-state index contributed by atoms with van der Waals surface area (Å²) in [6.45, 7) is 1.83. The van der Waals surface area contributed by atoms with E-state index in [-0.39, 0.29) is 36.6 Å². The highest BCUT2D eigenvalue weighted by molar-refractivity contribution is 5.91. The number of anilines is 1. The van der Waals surface area contributed by atoms with Gasteiger partial charge in [0.05, 0.1) is 6.20 Å². The molecule has 1 aromatic rings. The van der Waals surface area contributed by atoms with Crippen molar-refractivity contribution in [2.24, 2.45) is 5.92 Å². The van der Waals surface area contributed by atoms with Crippen LogP contribution in [0.1, 0.15) is 12.8 Å². The van der Waals surface area contributed by atoms with Crippen LogP contribution < -0.4 is 10.6 Å². The predicted octanol–water partition coefficient (Wildman–Crippen LogP) is 1.26. The van der Waals surface area contributed by atoms with Gasteiger partial charge in [0.2, 0.25) is 5.91 Å². The lowest BCUT2D eigenvalue weighted by molar-refractivity contribution is -0.120. The molecule has 0 bridgehead atoms. The number of rotatable bonds is 2. The minimum Gasteiger partial charge on any atom is -0.317 e. The number of halogens is 2. The lowest BCUT2D eigenvalue weighted by atomic mass is 9.97. The third kappa shape index (κ3) is 4.85. The Kier molecular flexibility index (Phi) is 7.78. The normalized spacial score (nSPS) is 15.3. The Morgan fingerprint density at radius 1 is 1.29 bits per heavy atom. The first kappa shape index (κ1) is 16.1. The third-order valence-electron chi connectivity index (χ3n) is 2.52. The van der Waals surface area contributed by atoms with E-state index in [2.05, 4.69) is 20.6 Å². The summed E-state index contributed by atoms with van der Waals surface area (Å²) in [6, 6.07) is 0. The van der Waals surface area contributed by atoms with E-state index in [0.29, 0.717) is 5.82 Å². The molecule has 1 fully saturated rings. The van der Waals surface area contributed by atoms with Crippen LogP contribution in [-0.2, 0) is 4.79 Å². The number of hydrogen-bond acceptors (Lipinski definition) is 4. The van der Waals surface area contributed by atoms with E-state index >= 15 is 0 Å². The topological polar surface area (TPSA) is 66.9 Å². The number of nitrogens with zero attached hydrogens (tertiary/aromatic N) is 2. The van der Waals surface area contributed by atoms with E-state index in [0.717, 1.165) is 25.9 Å². The van der Waals surface area contributed by atoms with Crippen LogP contribution in [0.2, 0.25) is 0 Å². The maximum absolute atomic E-state index is 11.8. The molecule has 96 valence electrons. The van der Waals surface area contributed by atoms with Crippen LogP contribution >= 0.6 is 24.8 Å². The highest BCUT2D eigenvalue weighted by atomic mass is 35.5. The molecule has 0 saturated carbocycles. The molecule has 0 unspecified atom stereocenters. The fraction of sp³-hybridized carbons (Fsp3) is 0.500. The number of carbonyl (C=O) groups excluding carboxylic acids is 1. The van der Waals surface area contributed by atoms with Crippen molar-refractivity contribution in [1.82, 2.24) is 15.3 Å². The molecule has 1 aromatic heterocycles. The minimum atomic E-state index is 0. The molecule has 7 heteroatoms. The van der Waals surface area contributed by atoms with E-state index in [1.54, 1.807) is 18.6 Å². The van der Waals surface area contributed by atoms with Crippen LogP contribution in [0.3, 0.4) is 0 Å². The van der Waals surface area contributed by atoms with Crippen LogP contribution in [0.5, 0.6) is 0 Å². The van der Waals surface area contributed by atoms with Crippen molar-refractivity contribution in [3.8, 4) is 0 Å². The summed E-state index contributed by atoms with van der Waals surface area (Å²) >= 11 is 0. The number of amides is 1. The third-order valence-corrected chi connectivity index (χ3v) is 2.52. The van der Waals surface area contributed by atoms with E-state index in [4.69, 9.17) is 0 Å². The van der Waals surface area contributed by atoms with Crippen molar-refractivity contribution in [3.05, 3.63) is 18.6 Å². The Hall–Kier alpha value is -0.910. The Bertz CT molecular complexity index is 330. The Labute approximate surface area is 113 Å². The maximum Gasteiger partial charge on any atom is 0.228 e. The second kappa shape index (κ2) is 8.22. The van der Waals surface area contributed by atoms with Gasteiger partial charge in [-0.15, -0.1) is 24.8 Å². The monoisotopic (exact) mass is 278 g/mol. The summed E-state index contributed by atoms with van der Waals surface area (Å²) in [5.74, 6) is 0.686. The molecule has 2 N–H and O–H groups in total. The number of carbonyl (C=O) groups is 1. The number of nitrogens with one attached hydrogen (secondary N) is 2. The fourth-order valence-corrected chi connectivity index (χ4v) is 1.68. The Balaban J connectivity index is 0.00000128. The van der Waals surface area contributed by atoms with Gasteiger partial charge < -0.3 is 10.6 Å². The van der Waals surface area contributed by atoms with Gasteiger partial charge in [-0.3, -0.25) is 9.78 Å². The molecule has 17 heavy (non-hydrogen) atoms. The quantitative estimate of drug-likeness (QED) is 0.855. The standard InChI is InChI=1S/C10H14N4O.2ClH/c15-10(8-1-3-11-4-2-8)14-9-7-12-5-6-13-9;;/h5-8,11H,1-4H2,(H,13,14,15);2*1H. The first-order valence-corrected chi connectivity index (χ1v) is 5.14. The van der Waals surface area contributed by atoms with E-state index < -0.39 is 0 Å². The summed E-state index contributed by atoms with van der Waals surface area (Å²) in [5, 5.41) is 6.00. The second-order valence-corrected chi connectivity index (χ2v) is 3.60. The molecule has 1 aliphatic rings. The maximum atomic E-state index is 11.8. The zero-order valence-electron chi connectivity index (χ0n) is 9.26. The summed E-state index contributed by atoms with van der Waals surface area (Å²) in [7, 11) is 0. The number of piperidine rings is 1. The summed E-state index contributed by atoms with van der Waals surface area (Å²) in [6.07, 6.45) is 6.50. The molecular formula is C10H16Cl2N4O. The molecular weight excluding hydrogens is 263 g/mol. The average Bonchev–Trinajstić information content (AvgIpc) is 2.31. The largest absolute Gasteiger partial charge is 0.317 e. The van der Waals surface area contributed by atoms with Crippen LogP contribution in [0.15, 0.2) is 18.6 Å². The molecule has 0 atom stereocenters. The minimum absolute atomic E-state index is 0. The smallest absolute Gasteiger partial charge is 0.228 e. The molecule has 1 saturated heterocycles. The van der Waals surface area contributed by atoms with Crippen molar-refractivity contribution >= 4 is 36.5 Å². The highest BCUT2D eigenvalue weighted by Crippen LogP contribution is 2.13. The molecule has 0 aromatic carbocycles. The molecule has 2 heterocycles. The summed E-state index contributed by atoms with van der Waals surface area (Å²) in [5.41, 5.74) is 0. The molecule has 1 amide bonds. The van der Waals surface area contributed by atoms with Crippen LogP contribution in [0.25, 0.3) is 0 Å². The first-order valence-electron chi connectivity index (χ1n) is 5.14. The van der Waals surface area contributed by atoms with Gasteiger partial charge in [0.1, 0.15) is 0 Å².